The van der Waals surface area contributed by atoms with Gasteiger partial charge in [-0.05, 0) is 25.0 Å². The topological polar surface area (TPSA) is 76.2 Å². The molecule has 0 atom stereocenters. The summed E-state index contributed by atoms with van der Waals surface area (Å²) in [4.78, 5) is 14.0. The second kappa shape index (κ2) is 6.60. The van der Waals surface area contributed by atoms with E-state index in [0.29, 0.717) is 31.9 Å². The molecule has 2 aliphatic rings. The Balaban J connectivity index is 1.75. The third kappa shape index (κ3) is 3.21. The lowest BCUT2D eigenvalue weighted by Gasteiger charge is -2.34. The Bertz CT molecular complexity index is 722. The maximum absolute atomic E-state index is 12.9. The van der Waals surface area contributed by atoms with Gasteiger partial charge in [-0.1, -0.05) is 0 Å². The zero-order chi connectivity index (χ0) is 17.3. The summed E-state index contributed by atoms with van der Waals surface area (Å²) >= 11 is 0. The van der Waals surface area contributed by atoms with E-state index in [1.807, 2.05) is 0 Å². The van der Waals surface area contributed by atoms with Crippen molar-refractivity contribution in [1.29, 1.82) is 0 Å². The van der Waals surface area contributed by atoms with Gasteiger partial charge in [-0.2, -0.15) is 4.31 Å². The number of ether oxygens (including phenoxy) is 2. The SMILES string of the molecule is COc1ccc(S(=O)(=O)N2CCN(C(=O)C3CC3)CC2)c(OC)c1. The van der Waals surface area contributed by atoms with Crippen molar-refractivity contribution in [3.8, 4) is 11.5 Å². The van der Waals surface area contributed by atoms with E-state index < -0.39 is 10.0 Å². The molecule has 1 amide bonds. The highest BCUT2D eigenvalue weighted by Gasteiger charge is 2.37. The number of carbonyl (C=O) groups is 1. The molecule has 0 bridgehead atoms. The summed E-state index contributed by atoms with van der Waals surface area (Å²) in [5.74, 6) is 1.11. The molecule has 1 aliphatic heterocycles. The monoisotopic (exact) mass is 354 g/mol. The van der Waals surface area contributed by atoms with E-state index in [-0.39, 0.29) is 22.5 Å². The summed E-state index contributed by atoms with van der Waals surface area (Å²) in [6, 6.07) is 4.65. The van der Waals surface area contributed by atoms with Gasteiger partial charge in [0.1, 0.15) is 16.4 Å². The first kappa shape index (κ1) is 17.0. The molecule has 1 saturated carbocycles. The first-order valence-electron chi connectivity index (χ1n) is 7.98. The number of sulfonamides is 1. The molecule has 0 radical (unpaired) electrons. The number of carbonyl (C=O) groups excluding carboxylic acids is 1. The molecule has 7 nitrogen and oxygen atoms in total. The Kier molecular flexibility index (Phi) is 4.69. The molecule has 1 aliphatic carbocycles. The average molecular weight is 354 g/mol. The number of benzene rings is 1. The number of amides is 1. The van der Waals surface area contributed by atoms with Gasteiger partial charge in [0.25, 0.3) is 0 Å². The van der Waals surface area contributed by atoms with Crippen LogP contribution in [-0.2, 0) is 14.8 Å². The maximum atomic E-state index is 12.9. The van der Waals surface area contributed by atoms with E-state index in [1.165, 1.54) is 24.6 Å². The molecule has 3 rings (SSSR count). The van der Waals surface area contributed by atoms with E-state index in [2.05, 4.69) is 0 Å². The minimum atomic E-state index is -3.67. The quantitative estimate of drug-likeness (QED) is 0.787. The number of rotatable bonds is 5. The Labute approximate surface area is 142 Å². The number of methoxy groups -OCH3 is 2. The minimum absolute atomic E-state index is 0.118. The van der Waals surface area contributed by atoms with E-state index in [4.69, 9.17) is 9.47 Å². The van der Waals surface area contributed by atoms with Gasteiger partial charge in [0.15, 0.2) is 0 Å². The van der Waals surface area contributed by atoms with Crippen molar-refractivity contribution in [1.82, 2.24) is 9.21 Å². The van der Waals surface area contributed by atoms with Crippen LogP contribution in [0.1, 0.15) is 12.8 Å². The lowest BCUT2D eigenvalue weighted by molar-refractivity contribution is -0.133. The molecule has 1 aromatic rings. The van der Waals surface area contributed by atoms with Gasteiger partial charge >= 0.3 is 0 Å². The van der Waals surface area contributed by atoms with Crippen LogP contribution in [-0.4, -0.2) is 63.9 Å². The van der Waals surface area contributed by atoms with Crippen LogP contribution in [0.5, 0.6) is 11.5 Å². The molecule has 0 unspecified atom stereocenters. The summed E-state index contributed by atoms with van der Waals surface area (Å²) in [7, 11) is -0.725. The summed E-state index contributed by atoms with van der Waals surface area (Å²) < 4.78 is 37.5. The first-order chi connectivity index (χ1) is 11.5. The minimum Gasteiger partial charge on any atom is -0.497 e. The Hall–Kier alpha value is -1.80. The fourth-order valence-electron chi connectivity index (χ4n) is 2.86. The van der Waals surface area contributed by atoms with Crippen LogP contribution < -0.4 is 9.47 Å². The number of piperazine rings is 1. The largest absolute Gasteiger partial charge is 0.497 e. The van der Waals surface area contributed by atoms with Gasteiger partial charge in [-0.25, -0.2) is 8.42 Å². The number of hydrogen-bond donors (Lipinski definition) is 0. The molecule has 0 N–H and O–H groups in total. The molecular weight excluding hydrogens is 332 g/mol. The molecule has 1 aromatic carbocycles. The highest BCUT2D eigenvalue weighted by molar-refractivity contribution is 7.89. The number of hydrogen-bond acceptors (Lipinski definition) is 5. The zero-order valence-corrected chi connectivity index (χ0v) is 14.7. The fourth-order valence-corrected chi connectivity index (χ4v) is 4.42. The smallest absolute Gasteiger partial charge is 0.246 e. The molecule has 8 heteroatoms. The van der Waals surface area contributed by atoms with Crippen LogP contribution in [0.4, 0.5) is 0 Å². The summed E-state index contributed by atoms with van der Waals surface area (Å²) in [5.41, 5.74) is 0. The van der Waals surface area contributed by atoms with Crippen LogP contribution in [0.2, 0.25) is 0 Å². The second-order valence-electron chi connectivity index (χ2n) is 6.02. The molecule has 0 spiro atoms. The summed E-state index contributed by atoms with van der Waals surface area (Å²) in [6.07, 6.45) is 1.92. The van der Waals surface area contributed by atoms with Gasteiger partial charge in [0.2, 0.25) is 15.9 Å². The molecule has 0 aromatic heterocycles. The second-order valence-corrected chi connectivity index (χ2v) is 7.93. The molecular formula is C16H22N2O5S. The van der Waals surface area contributed by atoms with Crippen molar-refractivity contribution >= 4 is 15.9 Å². The van der Waals surface area contributed by atoms with Crippen LogP contribution in [0, 0.1) is 5.92 Å². The standard InChI is InChI=1S/C16H22N2O5S/c1-22-13-5-6-15(14(11-13)23-2)24(20,21)18-9-7-17(8-10-18)16(19)12-3-4-12/h5-6,11-12H,3-4,7-10H2,1-2H3. The average Bonchev–Trinajstić information content (AvgIpc) is 3.45. The molecule has 1 saturated heterocycles. The molecule has 24 heavy (non-hydrogen) atoms. The predicted molar refractivity (Wildman–Crippen MR) is 87.6 cm³/mol. The van der Waals surface area contributed by atoms with Crippen molar-refractivity contribution in [2.45, 2.75) is 17.7 Å². The van der Waals surface area contributed by atoms with Crippen molar-refractivity contribution < 1.29 is 22.7 Å². The Morgan fingerprint density at radius 3 is 2.29 bits per heavy atom. The van der Waals surface area contributed by atoms with E-state index >= 15 is 0 Å². The van der Waals surface area contributed by atoms with Gasteiger partial charge in [0.05, 0.1) is 14.2 Å². The molecule has 132 valence electrons. The van der Waals surface area contributed by atoms with E-state index in [1.54, 1.807) is 17.0 Å². The normalized spacial score (nSPS) is 19.2. The van der Waals surface area contributed by atoms with Crippen molar-refractivity contribution in [2.24, 2.45) is 5.92 Å². The summed E-state index contributed by atoms with van der Waals surface area (Å²) in [6.45, 7) is 1.48. The summed E-state index contributed by atoms with van der Waals surface area (Å²) in [5, 5.41) is 0. The zero-order valence-electron chi connectivity index (χ0n) is 13.9. The fraction of sp³-hybridized carbons (Fsp3) is 0.562. The van der Waals surface area contributed by atoms with Crippen LogP contribution in [0.3, 0.4) is 0 Å². The van der Waals surface area contributed by atoms with E-state index in [9.17, 15) is 13.2 Å². The highest BCUT2D eigenvalue weighted by Crippen LogP contribution is 2.33. The Morgan fingerprint density at radius 1 is 1.08 bits per heavy atom. The lowest BCUT2D eigenvalue weighted by Crippen LogP contribution is -2.50. The highest BCUT2D eigenvalue weighted by atomic mass is 32.2. The third-order valence-corrected chi connectivity index (χ3v) is 6.40. The molecule has 1 heterocycles. The molecule has 2 fully saturated rings. The van der Waals surface area contributed by atoms with Crippen LogP contribution in [0.25, 0.3) is 0 Å². The van der Waals surface area contributed by atoms with Gasteiger partial charge in [-0.3, -0.25) is 4.79 Å². The van der Waals surface area contributed by atoms with Crippen molar-refractivity contribution in [3.05, 3.63) is 18.2 Å². The van der Waals surface area contributed by atoms with Gasteiger partial charge < -0.3 is 14.4 Å². The number of nitrogens with zero attached hydrogens (tertiary/aromatic N) is 2. The Morgan fingerprint density at radius 2 is 1.75 bits per heavy atom. The first-order valence-corrected chi connectivity index (χ1v) is 9.42. The van der Waals surface area contributed by atoms with Crippen LogP contribution >= 0.6 is 0 Å². The predicted octanol–water partition coefficient (Wildman–Crippen LogP) is 0.947. The van der Waals surface area contributed by atoms with Gasteiger partial charge in [0, 0.05) is 38.2 Å². The van der Waals surface area contributed by atoms with Crippen molar-refractivity contribution in [3.63, 3.8) is 0 Å². The lowest BCUT2D eigenvalue weighted by atomic mass is 10.3. The van der Waals surface area contributed by atoms with E-state index in [0.717, 1.165) is 12.8 Å². The van der Waals surface area contributed by atoms with Crippen molar-refractivity contribution in [2.75, 3.05) is 40.4 Å². The van der Waals surface area contributed by atoms with Crippen LogP contribution in [0.15, 0.2) is 23.1 Å². The third-order valence-electron chi connectivity index (χ3n) is 4.47. The maximum Gasteiger partial charge on any atom is 0.246 e. The van der Waals surface area contributed by atoms with Gasteiger partial charge in [-0.15, -0.1) is 0 Å².